The van der Waals surface area contributed by atoms with Crippen molar-refractivity contribution in [3.8, 4) is 5.75 Å². The molecule has 3 rings (SSSR count). The van der Waals surface area contributed by atoms with Crippen LogP contribution in [0.5, 0.6) is 5.75 Å². The van der Waals surface area contributed by atoms with E-state index in [0.29, 0.717) is 0 Å². The molecule has 0 radical (unpaired) electrons. The maximum Gasteiger partial charge on any atom is 0.118 e. The van der Waals surface area contributed by atoms with Gasteiger partial charge in [-0.1, -0.05) is 12.1 Å². The lowest BCUT2D eigenvalue weighted by atomic mass is 9.86. The van der Waals surface area contributed by atoms with Crippen LogP contribution < -0.4 is 10.1 Å². The van der Waals surface area contributed by atoms with E-state index in [1.165, 1.54) is 31.2 Å². The summed E-state index contributed by atoms with van der Waals surface area (Å²) in [6.07, 6.45) is 5.36. The summed E-state index contributed by atoms with van der Waals surface area (Å²) >= 11 is 0. The standard InChI is InChI=1S/C14H19NO/c1-16-14-6-2-10(3-7-14)11-8-12-4-5-13(9-11)15-12/h2-3,6-7,11-13,15H,4-5,8-9H2,1H3/t11-,12+,13-. The van der Waals surface area contributed by atoms with Crippen LogP contribution in [0.1, 0.15) is 37.2 Å². The molecule has 0 amide bonds. The molecule has 2 bridgehead atoms. The number of benzene rings is 1. The number of ether oxygens (including phenoxy) is 1. The molecule has 2 heteroatoms. The Bertz CT molecular complexity index is 348. The van der Waals surface area contributed by atoms with E-state index in [9.17, 15) is 0 Å². The third kappa shape index (κ3) is 1.82. The number of hydrogen-bond donors (Lipinski definition) is 1. The molecule has 2 aliphatic heterocycles. The van der Waals surface area contributed by atoms with Crippen molar-refractivity contribution in [1.82, 2.24) is 5.32 Å². The molecule has 2 nitrogen and oxygen atoms in total. The minimum Gasteiger partial charge on any atom is -0.497 e. The summed E-state index contributed by atoms with van der Waals surface area (Å²) in [6.45, 7) is 0. The number of hydrogen-bond acceptors (Lipinski definition) is 2. The zero-order valence-corrected chi connectivity index (χ0v) is 9.78. The van der Waals surface area contributed by atoms with Crippen LogP contribution in [0.3, 0.4) is 0 Å². The van der Waals surface area contributed by atoms with E-state index in [-0.39, 0.29) is 0 Å². The summed E-state index contributed by atoms with van der Waals surface area (Å²) in [5, 5.41) is 3.69. The first-order valence-electron chi connectivity index (χ1n) is 6.25. The average Bonchev–Trinajstić information content (AvgIpc) is 2.68. The Balaban J connectivity index is 1.76. The number of rotatable bonds is 2. The molecule has 1 aromatic carbocycles. The second-order valence-corrected chi connectivity index (χ2v) is 5.08. The van der Waals surface area contributed by atoms with Gasteiger partial charge in [0.25, 0.3) is 0 Å². The first kappa shape index (κ1) is 10.2. The fraction of sp³-hybridized carbons (Fsp3) is 0.571. The minimum atomic E-state index is 0.754. The Morgan fingerprint density at radius 2 is 1.69 bits per heavy atom. The van der Waals surface area contributed by atoms with Crippen molar-refractivity contribution >= 4 is 0 Å². The average molecular weight is 217 g/mol. The molecular weight excluding hydrogens is 198 g/mol. The molecule has 0 spiro atoms. The summed E-state index contributed by atoms with van der Waals surface area (Å²) in [6, 6.07) is 10.2. The zero-order chi connectivity index (χ0) is 11.0. The van der Waals surface area contributed by atoms with Crippen molar-refractivity contribution in [3.05, 3.63) is 29.8 Å². The first-order chi connectivity index (χ1) is 7.85. The third-order valence-corrected chi connectivity index (χ3v) is 4.06. The topological polar surface area (TPSA) is 21.3 Å². The van der Waals surface area contributed by atoms with Gasteiger partial charge in [-0.15, -0.1) is 0 Å². The molecule has 2 fully saturated rings. The van der Waals surface area contributed by atoms with Crippen LogP contribution in [0, 0.1) is 0 Å². The summed E-state index contributed by atoms with van der Waals surface area (Å²) in [5.41, 5.74) is 1.49. The second-order valence-electron chi connectivity index (χ2n) is 5.08. The molecule has 0 unspecified atom stereocenters. The van der Waals surface area contributed by atoms with E-state index >= 15 is 0 Å². The van der Waals surface area contributed by atoms with Gasteiger partial charge in [0.15, 0.2) is 0 Å². The van der Waals surface area contributed by atoms with Crippen LogP contribution in [0.15, 0.2) is 24.3 Å². The maximum absolute atomic E-state index is 5.20. The fourth-order valence-corrected chi connectivity index (χ4v) is 3.21. The molecular formula is C14H19NO. The molecule has 2 saturated heterocycles. The van der Waals surface area contributed by atoms with Gasteiger partial charge in [0.1, 0.15) is 5.75 Å². The van der Waals surface area contributed by atoms with Crippen LogP contribution in [0.2, 0.25) is 0 Å². The Kier molecular flexibility index (Phi) is 2.60. The van der Waals surface area contributed by atoms with Gasteiger partial charge in [-0.05, 0) is 49.3 Å². The van der Waals surface area contributed by atoms with Gasteiger partial charge in [0.2, 0.25) is 0 Å². The molecule has 1 aromatic rings. The lowest BCUT2D eigenvalue weighted by molar-refractivity contribution is 0.363. The minimum absolute atomic E-state index is 0.754. The molecule has 2 heterocycles. The van der Waals surface area contributed by atoms with Gasteiger partial charge in [0.05, 0.1) is 7.11 Å². The van der Waals surface area contributed by atoms with Gasteiger partial charge in [-0.25, -0.2) is 0 Å². The number of fused-ring (bicyclic) bond motifs is 2. The first-order valence-corrected chi connectivity index (χ1v) is 6.25. The predicted octanol–water partition coefficient (Wildman–Crippen LogP) is 2.69. The van der Waals surface area contributed by atoms with Gasteiger partial charge in [0, 0.05) is 12.1 Å². The number of nitrogens with one attached hydrogen (secondary N) is 1. The highest BCUT2D eigenvalue weighted by molar-refractivity contribution is 5.30. The van der Waals surface area contributed by atoms with Gasteiger partial charge in [-0.2, -0.15) is 0 Å². The van der Waals surface area contributed by atoms with E-state index in [0.717, 1.165) is 23.8 Å². The van der Waals surface area contributed by atoms with E-state index in [2.05, 4.69) is 29.6 Å². The monoisotopic (exact) mass is 217 g/mol. The summed E-state index contributed by atoms with van der Waals surface area (Å²) < 4.78 is 5.20. The van der Waals surface area contributed by atoms with E-state index in [4.69, 9.17) is 4.74 Å². The van der Waals surface area contributed by atoms with Crippen molar-refractivity contribution in [2.75, 3.05) is 7.11 Å². The SMILES string of the molecule is COc1ccc([C@H]2C[C@H]3CC[C@@H](C2)N3)cc1. The van der Waals surface area contributed by atoms with E-state index in [1.807, 2.05) is 0 Å². The van der Waals surface area contributed by atoms with Crippen molar-refractivity contribution in [3.63, 3.8) is 0 Å². The normalized spacial score (nSPS) is 32.7. The van der Waals surface area contributed by atoms with Crippen molar-refractivity contribution < 1.29 is 4.74 Å². The number of methoxy groups -OCH3 is 1. The third-order valence-electron chi connectivity index (χ3n) is 4.06. The second kappa shape index (κ2) is 4.10. The van der Waals surface area contributed by atoms with E-state index in [1.54, 1.807) is 7.11 Å². The highest BCUT2D eigenvalue weighted by Crippen LogP contribution is 2.37. The van der Waals surface area contributed by atoms with Gasteiger partial charge >= 0.3 is 0 Å². The summed E-state index contributed by atoms with van der Waals surface area (Å²) in [5.74, 6) is 1.71. The zero-order valence-electron chi connectivity index (χ0n) is 9.78. The van der Waals surface area contributed by atoms with Crippen molar-refractivity contribution in [1.29, 1.82) is 0 Å². The van der Waals surface area contributed by atoms with Crippen LogP contribution in [0.4, 0.5) is 0 Å². The van der Waals surface area contributed by atoms with Gasteiger partial charge < -0.3 is 10.1 Å². The van der Waals surface area contributed by atoms with Crippen LogP contribution in [-0.4, -0.2) is 19.2 Å². The van der Waals surface area contributed by atoms with Crippen LogP contribution >= 0.6 is 0 Å². The smallest absolute Gasteiger partial charge is 0.118 e. The predicted molar refractivity (Wildman–Crippen MR) is 64.9 cm³/mol. The Morgan fingerprint density at radius 3 is 2.25 bits per heavy atom. The summed E-state index contributed by atoms with van der Waals surface area (Å²) in [7, 11) is 1.72. The van der Waals surface area contributed by atoms with Crippen molar-refractivity contribution in [2.45, 2.75) is 43.7 Å². The number of piperidine rings is 1. The molecule has 1 N–H and O–H groups in total. The highest BCUT2D eigenvalue weighted by atomic mass is 16.5. The largest absolute Gasteiger partial charge is 0.497 e. The Hall–Kier alpha value is -1.02. The lowest BCUT2D eigenvalue weighted by Gasteiger charge is -2.29. The highest BCUT2D eigenvalue weighted by Gasteiger charge is 2.33. The Morgan fingerprint density at radius 1 is 1.06 bits per heavy atom. The van der Waals surface area contributed by atoms with Crippen LogP contribution in [-0.2, 0) is 0 Å². The molecule has 3 atom stereocenters. The summed E-state index contributed by atoms with van der Waals surface area (Å²) in [4.78, 5) is 0. The maximum atomic E-state index is 5.20. The molecule has 0 aromatic heterocycles. The van der Waals surface area contributed by atoms with E-state index < -0.39 is 0 Å². The molecule has 0 aliphatic carbocycles. The molecule has 86 valence electrons. The van der Waals surface area contributed by atoms with Gasteiger partial charge in [-0.3, -0.25) is 0 Å². The quantitative estimate of drug-likeness (QED) is 0.822. The Labute approximate surface area is 97.0 Å². The van der Waals surface area contributed by atoms with Crippen molar-refractivity contribution in [2.24, 2.45) is 0 Å². The molecule has 16 heavy (non-hydrogen) atoms. The van der Waals surface area contributed by atoms with Crippen LogP contribution in [0.25, 0.3) is 0 Å². The molecule has 0 saturated carbocycles. The fourth-order valence-electron chi connectivity index (χ4n) is 3.21. The molecule has 2 aliphatic rings. The lowest BCUT2D eigenvalue weighted by Crippen LogP contribution is -2.37.